The number of carbonyl (C=O) groups is 1. The summed E-state index contributed by atoms with van der Waals surface area (Å²) in [4.78, 5) is 11.0. The molecule has 104 valence electrons. The van der Waals surface area contributed by atoms with Gasteiger partial charge in [0.2, 0.25) is 0 Å². The second-order valence-electron chi connectivity index (χ2n) is 5.22. The fourth-order valence-corrected chi connectivity index (χ4v) is 3.11. The van der Waals surface area contributed by atoms with E-state index in [1.54, 1.807) is 0 Å². The van der Waals surface area contributed by atoms with Crippen LogP contribution in [-0.4, -0.2) is 29.7 Å². The number of carboxylic acid groups (broad SMARTS) is 1. The average Bonchev–Trinajstić information content (AvgIpc) is 2.39. The summed E-state index contributed by atoms with van der Waals surface area (Å²) in [5.41, 5.74) is 0.592. The van der Waals surface area contributed by atoms with Crippen LogP contribution in [0.3, 0.4) is 0 Å². The molecule has 1 heterocycles. The highest BCUT2D eigenvalue weighted by Gasteiger charge is 2.39. The maximum atomic E-state index is 11.0. The predicted molar refractivity (Wildman–Crippen MR) is 83.1 cm³/mol. The third-order valence-corrected chi connectivity index (χ3v) is 4.38. The molecule has 4 nitrogen and oxygen atoms in total. The number of anilines is 1. The summed E-state index contributed by atoms with van der Waals surface area (Å²) in [6.07, 6.45) is 0.115. The lowest BCUT2D eigenvalue weighted by molar-refractivity contribution is -0.138. The molecule has 1 aliphatic heterocycles. The highest BCUT2D eigenvalue weighted by molar-refractivity contribution is 9.10. The third kappa shape index (κ3) is 2.39. The fraction of sp³-hybridized carbons (Fsp3) is 0.267. The van der Waals surface area contributed by atoms with Gasteiger partial charge in [0.15, 0.2) is 0 Å². The minimum absolute atomic E-state index is 0.115. The number of nitrogens with one attached hydrogen (secondary N) is 2. The number of hydrogen-bond donors (Lipinski definition) is 3. The first kappa shape index (κ1) is 13.4. The third-order valence-electron chi connectivity index (χ3n) is 3.69. The van der Waals surface area contributed by atoms with Crippen molar-refractivity contribution in [1.29, 1.82) is 0 Å². The molecule has 1 fully saturated rings. The van der Waals surface area contributed by atoms with Crippen molar-refractivity contribution >= 4 is 38.4 Å². The van der Waals surface area contributed by atoms with Crippen molar-refractivity contribution < 1.29 is 9.90 Å². The molecule has 20 heavy (non-hydrogen) atoms. The van der Waals surface area contributed by atoms with Gasteiger partial charge in [0.05, 0.1) is 12.0 Å². The van der Waals surface area contributed by atoms with Crippen LogP contribution < -0.4 is 10.6 Å². The van der Waals surface area contributed by atoms with Gasteiger partial charge in [-0.25, -0.2) is 0 Å². The number of aliphatic carboxylic acids is 1. The quantitative estimate of drug-likeness (QED) is 0.804. The van der Waals surface area contributed by atoms with Crippen molar-refractivity contribution in [3.63, 3.8) is 0 Å². The number of rotatable bonds is 4. The Hall–Kier alpha value is -1.59. The Kier molecular flexibility index (Phi) is 3.40. The zero-order chi connectivity index (χ0) is 14.2. The molecule has 3 rings (SSSR count). The Morgan fingerprint density at radius 1 is 1.25 bits per heavy atom. The van der Waals surface area contributed by atoms with Crippen molar-refractivity contribution in [2.75, 3.05) is 18.4 Å². The number of benzene rings is 2. The zero-order valence-corrected chi connectivity index (χ0v) is 12.4. The number of hydrogen-bond acceptors (Lipinski definition) is 3. The first-order valence-electron chi connectivity index (χ1n) is 6.48. The van der Waals surface area contributed by atoms with Crippen LogP contribution in [-0.2, 0) is 4.79 Å². The lowest BCUT2D eigenvalue weighted by Crippen LogP contribution is -2.65. The van der Waals surface area contributed by atoms with Crippen molar-refractivity contribution in [3.8, 4) is 0 Å². The van der Waals surface area contributed by atoms with Crippen molar-refractivity contribution in [3.05, 3.63) is 40.9 Å². The largest absolute Gasteiger partial charge is 0.481 e. The molecular formula is C15H15BrN2O2. The molecule has 0 saturated carbocycles. The molecule has 2 aromatic carbocycles. The van der Waals surface area contributed by atoms with Crippen molar-refractivity contribution in [2.45, 2.75) is 12.0 Å². The van der Waals surface area contributed by atoms with Gasteiger partial charge in [-0.3, -0.25) is 4.79 Å². The molecular weight excluding hydrogens is 320 g/mol. The van der Waals surface area contributed by atoms with E-state index in [4.69, 9.17) is 5.11 Å². The zero-order valence-electron chi connectivity index (χ0n) is 10.8. The van der Waals surface area contributed by atoms with Gasteiger partial charge in [-0.2, -0.15) is 0 Å². The topological polar surface area (TPSA) is 61.4 Å². The van der Waals surface area contributed by atoms with E-state index < -0.39 is 5.97 Å². The van der Waals surface area contributed by atoms with Gasteiger partial charge in [-0.1, -0.05) is 40.2 Å². The standard InChI is InChI=1S/C15H15BrN2O2/c16-12-5-6-13(11-4-2-1-3-10(11)12)18-15(7-14(19)20)8-17-9-15/h1-6,17-18H,7-9H2,(H,19,20). The fourth-order valence-electron chi connectivity index (χ4n) is 2.63. The van der Waals surface area contributed by atoms with Gasteiger partial charge < -0.3 is 15.7 Å². The Bertz CT molecular complexity index is 668. The Morgan fingerprint density at radius 3 is 2.55 bits per heavy atom. The van der Waals surface area contributed by atoms with Crippen LogP contribution in [0.25, 0.3) is 10.8 Å². The Labute approximate surface area is 125 Å². The van der Waals surface area contributed by atoms with Crippen LogP contribution in [0.1, 0.15) is 6.42 Å². The summed E-state index contributed by atoms with van der Waals surface area (Å²) in [5, 5.41) is 17.9. The number of halogens is 1. The molecule has 3 N–H and O–H groups in total. The maximum absolute atomic E-state index is 11.0. The van der Waals surface area contributed by atoms with Crippen LogP contribution in [0.2, 0.25) is 0 Å². The summed E-state index contributed by atoms with van der Waals surface area (Å²) in [5.74, 6) is -0.777. The van der Waals surface area contributed by atoms with Crippen LogP contribution in [0.5, 0.6) is 0 Å². The molecule has 0 unspecified atom stereocenters. The van der Waals surface area contributed by atoms with E-state index in [1.807, 2.05) is 36.4 Å². The molecule has 0 aliphatic carbocycles. The first-order chi connectivity index (χ1) is 9.60. The van der Waals surface area contributed by atoms with Crippen LogP contribution in [0, 0.1) is 0 Å². The maximum Gasteiger partial charge on any atom is 0.305 e. The van der Waals surface area contributed by atoms with Gasteiger partial charge in [0, 0.05) is 28.6 Å². The van der Waals surface area contributed by atoms with E-state index in [9.17, 15) is 4.79 Å². The molecule has 0 atom stereocenters. The minimum Gasteiger partial charge on any atom is -0.481 e. The summed E-state index contributed by atoms with van der Waals surface area (Å²) in [7, 11) is 0. The van der Waals surface area contributed by atoms with Crippen LogP contribution in [0.15, 0.2) is 40.9 Å². The summed E-state index contributed by atoms with van der Waals surface area (Å²) in [6, 6.07) is 12.1. The molecule has 2 aromatic rings. The second kappa shape index (κ2) is 5.07. The van der Waals surface area contributed by atoms with E-state index in [0.717, 1.165) is 20.9 Å². The van der Waals surface area contributed by atoms with E-state index in [2.05, 4.69) is 26.6 Å². The van der Waals surface area contributed by atoms with Gasteiger partial charge in [-0.15, -0.1) is 0 Å². The predicted octanol–water partition coefficient (Wildman–Crippen LogP) is 2.83. The monoisotopic (exact) mass is 334 g/mol. The van der Waals surface area contributed by atoms with E-state index in [-0.39, 0.29) is 12.0 Å². The normalized spacial score (nSPS) is 16.6. The van der Waals surface area contributed by atoms with E-state index >= 15 is 0 Å². The van der Waals surface area contributed by atoms with Crippen molar-refractivity contribution in [2.24, 2.45) is 0 Å². The van der Waals surface area contributed by atoms with E-state index in [0.29, 0.717) is 13.1 Å². The Morgan fingerprint density at radius 2 is 1.95 bits per heavy atom. The van der Waals surface area contributed by atoms with Gasteiger partial charge >= 0.3 is 5.97 Å². The molecule has 0 aromatic heterocycles. The molecule has 1 aliphatic rings. The molecule has 0 radical (unpaired) electrons. The van der Waals surface area contributed by atoms with Gasteiger partial charge in [-0.05, 0) is 17.5 Å². The highest BCUT2D eigenvalue weighted by Crippen LogP contribution is 2.33. The summed E-state index contributed by atoms with van der Waals surface area (Å²) in [6.45, 7) is 1.34. The Balaban J connectivity index is 1.98. The molecule has 5 heteroatoms. The lowest BCUT2D eigenvalue weighted by atomic mass is 9.88. The van der Waals surface area contributed by atoms with Gasteiger partial charge in [0.1, 0.15) is 0 Å². The lowest BCUT2D eigenvalue weighted by Gasteiger charge is -2.43. The average molecular weight is 335 g/mol. The summed E-state index contributed by atoms with van der Waals surface area (Å²) >= 11 is 3.55. The summed E-state index contributed by atoms with van der Waals surface area (Å²) < 4.78 is 1.04. The number of carboxylic acids is 1. The number of fused-ring (bicyclic) bond motifs is 1. The highest BCUT2D eigenvalue weighted by atomic mass is 79.9. The van der Waals surface area contributed by atoms with Crippen LogP contribution >= 0.6 is 15.9 Å². The molecule has 0 bridgehead atoms. The minimum atomic E-state index is -0.777. The molecule has 0 spiro atoms. The first-order valence-corrected chi connectivity index (χ1v) is 7.27. The molecule has 1 saturated heterocycles. The SMILES string of the molecule is O=C(O)CC1(Nc2ccc(Br)c3ccccc23)CNC1. The van der Waals surface area contributed by atoms with E-state index in [1.165, 1.54) is 0 Å². The molecule has 0 amide bonds. The van der Waals surface area contributed by atoms with Gasteiger partial charge in [0.25, 0.3) is 0 Å². The van der Waals surface area contributed by atoms with Crippen molar-refractivity contribution in [1.82, 2.24) is 5.32 Å². The second-order valence-corrected chi connectivity index (χ2v) is 6.07. The smallest absolute Gasteiger partial charge is 0.305 e. The van der Waals surface area contributed by atoms with Crippen LogP contribution in [0.4, 0.5) is 5.69 Å².